The van der Waals surface area contributed by atoms with Crippen molar-refractivity contribution in [1.29, 1.82) is 0 Å². The summed E-state index contributed by atoms with van der Waals surface area (Å²) in [5, 5.41) is 8.74. The summed E-state index contributed by atoms with van der Waals surface area (Å²) in [6.07, 6.45) is 1.25. The predicted molar refractivity (Wildman–Crippen MR) is 63.2 cm³/mol. The van der Waals surface area contributed by atoms with Gasteiger partial charge in [-0.05, 0) is 40.0 Å². The molecule has 0 unspecified atom stereocenters. The van der Waals surface area contributed by atoms with Crippen molar-refractivity contribution in [3.63, 3.8) is 0 Å². The van der Waals surface area contributed by atoms with E-state index in [1.165, 1.54) is 4.90 Å². The Balaban J connectivity index is 2.79. The van der Waals surface area contributed by atoms with E-state index in [1.807, 2.05) is 0 Å². The van der Waals surface area contributed by atoms with E-state index >= 15 is 0 Å². The molecule has 0 spiro atoms. The fraction of sp³-hybridized carbons (Fsp3) is 0.750. The number of carboxylic acid groups (broad SMARTS) is 1. The van der Waals surface area contributed by atoms with Gasteiger partial charge in [-0.25, -0.2) is 9.59 Å². The van der Waals surface area contributed by atoms with Crippen molar-refractivity contribution in [3.8, 4) is 0 Å². The Morgan fingerprint density at radius 3 is 2.33 bits per heavy atom. The van der Waals surface area contributed by atoms with Gasteiger partial charge in [-0.1, -0.05) is 0 Å². The Labute approximate surface area is 106 Å². The van der Waals surface area contributed by atoms with Gasteiger partial charge in [0.1, 0.15) is 11.6 Å². The Kier molecular flexibility index (Phi) is 4.32. The first kappa shape index (κ1) is 14.5. The van der Waals surface area contributed by atoms with Gasteiger partial charge in [-0.3, -0.25) is 9.69 Å². The van der Waals surface area contributed by atoms with Crippen molar-refractivity contribution in [2.45, 2.75) is 51.7 Å². The van der Waals surface area contributed by atoms with Crippen LogP contribution in [-0.2, 0) is 14.3 Å². The van der Waals surface area contributed by atoms with Gasteiger partial charge in [0.2, 0.25) is 0 Å². The SMILES string of the molecule is CC(C)(C)OC(=O)N1CCCC[C@H]1C(=O)C(=O)O. The molecule has 1 saturated heterocycles. The fourth-order valence-corrected chi connectivity index (χ4v) is 1.89. The average Bonchev–Trinajstić information content (AvgIpc) is 2.25. The number of Topliss-reactive ketones (excluding diaryl/α,β-unsaturated/α-hetero) is 1. The van der Waals surface area contributed by atoms with E-state index in [9.17, 15) is 14.4 Å². The fourth-order valence-electron chi connectivity index (χ4n) is 1.89. The maximum atomic E-state index is 11.9. The summed E-state index contributed by atoms with van der Waals surface area (Å²) in [5.74, 6) is -2.45. The summed E-state index contributed by atoms with van der Waals surface area (Å²) in [7, 11) is 0. The topological polar surface area (TPSA) is 83.9 Å². The molecule has 1 heterocycles. The zero-order valence-electron chi connectivity index (χ0n) is 10.9. The summed E-state index contributed by atoms with van der Waals surface area (Å²) in [6, 6.07) is -0.897. The molecule has 6 heteroatoms. The van der Waals surface area contributed by atoms with Gasteiger partial charge in [-0.15, -0.1) is 0 Å². The van der Waals surface area contributed by atoms with Gasteiger partial charge in [0.05, 0.1) is 0 Å². The second kappa shape index (κ2) is 5.37. The number of hydrogen-bond acceptors (Lipinski definition) is 4. The molecule has 0 aromatic rings. The minimum absolute atomic E-state index is 0.360. The Bertz CT molecular complexity index is 358. The second-order valence-corrected chi connectivity index (χ2v) is 5.35. The third-order valence-corrected chi connectivity index (χ3v) is 2.64. The molecule has 1 aliphatic heterocycles. The maximum Gasteiger partial charge on any atom is 0.410 e. The molecule has 1 atom stereocenters. The highest BCUT2D eigenvalue weighted by Gasteiger charge is 2.37. The highest BCUT2D eigenvalue weighted by Crippen LogP contribution is 2.21. The highest BCUT2D eigenvalue weighted by atomic mass is 16.6. The van der Waals surface area contributed by atoms with Crippen molar-refractivity contribution in [3.05, 3.63) is 0 Å². The summed E-state index contributed by atoms with van der Waals surface area (Å²) >= 11 is 0. The van der Waals surface area contributed by atoms with Crippen LogP contribution >= 0.6 is 0 Å². The van der Waals surface area contributed by atoms with Crippen LogP contribution in [0.15, 0.2) is 0 Å². The number of nitrogens with zero attached hydrogens (tertiary/aromatic N) is 1. The number of carboxylic acids is 1. The van der Waals surface area contributed by atoms with Crippen molar-refractivity contribution < 1.29 is 24.2 Å². The van der Waals surface area contributed by atoms with Crippen LogP contribution in [0, 0.1) is 0 Å². The molecule has 18 heavy (non-hydrogen) atoms. The lowest BCUT2D eigenvalue weighted by molar-refractivity contribution is -0.152. The number of piperidine rings is 1. The predicted octanol–water partition coefficient (Wildman–Crippen LogP) is 1.43. The van der Waals surface area contributed by atoms with Gasteiger partial charge in [0.15, 0.2) is 0 Å². The Morgan fingerprint density at radius 2 is 1.83 bits per heavy atom. The number of amides is 1. The van der Waals surface area contributed by atoms with Crippen molar-refractivity contribution in [2.24, 2.45) is 0 Å². The summed E-state index contributed by atoms with van der Waals surface area (Å²) in [5.41, 5.74) is -0.661. The zero-order chi connectivity index (χ0) is 13.9. The molecule has 6 nitrogen and oxygen atoms in total. The van der Waals surface area contributed by atoms with E-state index in [-0.39, 0.29) is 0 Å². The molecule has 1 rings (SSSR count). The van der Waals surface area contributed by atoms with Gasteiger partial charge in [0.25, 0.3) is 5.78 Å². The second-order valence-electron chi connectivity index (χ2n) is 5.35. The number of likely N-dealkylation sites (tertiary alicyclic amines) is 1. The standard InChI is InChI=1S/C12H19NO5/c1-12(2,3)18-11(17)13-7-5-4-6-8(13)9(14)10(15)16/h8H,4-7H2,1-3H3,(H,15,16)/t8-/m0/s1. The molecule has 0 radical (unpaired) electrons. The third kappa shape index (κ3) is 3.72. The highest BCUT2D eigenvalue weighted by molar-refractivity contribution is 6.35. The van der Waals surface area contributed by atoms with Gasteiger partial charge in [0, 0.05) is 6.54 Å². The first-order chi connectivity index (χ1) is 8.22. The molecule has 0 aromatic carbocycles. The molecule has 0 bridgehead atoms. The molecular formula is C12H19NO5. The van der Waals surface area contributed by atoms with Gasteiger partial charge < -0.3 is 9.84 Å². The number of ketones is 1. The number of carbonyl (C=O) groups is 3. The van der Waals surface area contributed by atoms with E-state index in [0.717, 1.165) is 12.8 Å². The van der Waals surface area contributed by atoms with Gasteiger partial charge in [-0.2, -0.15) is 0 Å². The Hall–Kier alpha value is -1.59. The lowest BCUT2D eigenvalue weighted by atomic mass is 9.99. The molecule has 1 fully saturated rings. The summed E-state index contributed by atoms with van der Waals surface area (Å²) in [4.78, 5) is 35.4. The van der Waals surface area contributed by atoms with Crippen molar-refractivity contribution >= 4 is 17.8 Å². The van der Waals surface area contributed by atoms with Crippen molar-refractivity contribution in [1.82, 2.24) is 4.90 Å². The van der Waals surface area contributed by atoms with Crippen LogP contribution in [0.1, 0.15) is 40.0 Å². The molecule has 1 amide bonds. The van der Waals surface area contributed by atoms with Crippen LogP contribution in [0.3, 0.4) is 0 Å². The minimum atomic E-state index is -1.50. The van der Waals surface area contributed by atoms with Gasteiger partial charge >= 0.3 is 12.1 Å². The number of aliphatic carboxylic acids is 1. The van der Waals surface area contributed by atoms with E-state index < -0.39 is 29.5 Å². The molecule has 1 N–H and O–H groups in total. The normalized spacial score (nSPS) is 20.4. The van der Waals surface area contributed by atoms with E-state index in [0.29, 0.717) is 13.0 Å². The van der Waals surface area contributed by atoms with Crippen LogP contribution in [0.25, 0.3) is 0 Å². The molecule has 0 aromatic heterocycles. The lowest BCUT2D eigenvalue weighted by Gasteiger charge is -2.35. The van der Waals surface area contributed by atoms with E-state index in [1.54, 1.807) is 20.8 Å². The molecule has 1 aliphatic rings. The molecule has 0 aliphatic carbocycles. The van der Waals surface area contributed by atoms with E-state index in [2.05, 4.69) is 0 Å². The van der Waals surface area contributed by atoms with Crippen molar-refractivity contribution in [2.75, 3.05) is 6.54 Å². The van der Waals surface area contributed by atoms with Crippen LogP contribution in [0.4, 0.5) is 4.79 Å². The third-order valence-electron chi connectivity index (χ3n) is 2.64. The average molecular weight is 257 g/mol. The van der Waals surface area contributed by atoms with Crippen LogP contribution in [0.2, 0.25) is 0 Å². The smallest absolute Gasteiger partial charge is 0.410 e. The van der Waals surface area contributed by atoms with Crippen LogP contribution in [0.5, 0.6) is 0 Å². The summed E-state index contributed by atoms with van der Waals surface area (Å²) < 4.78 is 5.18. The largest absolute Gasteiger partial charge is 0.475 e. The first-order valence-corrected chi connectivity index (χ1v) is 5.99. The number of ether oxygens (including phenoxy) is 1. The molecule has 0 saturated carbocycles. The monoisotopic (exact) mass is 257 g/mol. The number of carbonyl (C=O) groups excluding carboxylic acids is 2. The maximum absolute atomic E-state index is 11.9. The Morgan fingerprint density at radius 1 is 1.22 bits per heavy atom. The first-order valence-electron chi connectivity index (χ1n) is 5.99. The molecule has 102 valence electrons. The van der Waals surface area contributed by atoms with Crippen LogP contribution in [-0.4, -0.2) is 46.0 Å². The number of hydrogen-bond donors (Lipinski definition) is 1. The lowest BCUT2D eigenvalue weighted by Crippen LogP contribution is -2.51. The number of rotatable bonds is 2. The quantitative estimate of drug-likeness (QED) is 0.756. The van der Waals surface area contributed by atoms with Crippen LogP contribution < -0.4 is 0 Å². The molecular weight excluding hydrogens is 238 g/mol. The minimum Gasteiger partial charge on any atom is -0.475 e. The zero-order valence-corrected chi connectivity index (χ0v) is 10.9. The van der Waals surface area contributed by atoms with E-state index in [4.69, 9.17) is 9.84 Å². The summed E-state index contributed by atoms with van der Waals surface area (Å²) in [6.45, 7) is 5.53.